The molecule has 0 bridgehead atoms. The van der Waals surface area contributed by atoms with Crippen molar-refractivity contribution in [1.29, 1.82) is 5.41 Å². The van der Waals surface area contributed by atoms with Gasteiger partial charge in [0.1, 0.15) is 11.6 Å². The highest BCUT2D eigenvalue weighted by atomic mass is 35.5. The number of halogens is 2. The van der Waals surface area contributed by atoms with E-state index in [9.17, 15) is 9.90 Å². The summed E-state index contributed by atoms with van der Waals surface area (Å²) in [6, 6.07) is 10.4. The number of carboxylic acids is 1. The van der Waals surface area contributed by atoms with Crippen LogP contribution in [0.15, 0.2) is 42.5 Å². The summed E-state index contributed by atoms with van der Waals surface area (Å²) in [6.45, 7) is 0.373. The maximum Gasteiger partial charge on any atom is 0.330 e. The fourth-order valence-corrected chi connectivity index (χ4v) is 2.59. The van der Waals surface area contributed by atoms with Crippen molar-refractivity contribution >= 4 is 40.7 Å². The zero-order valence-corrected chi connectivity index (χ0v) is 15.3. The van der Waals surface area contributed by atoms with E-state index in [-0.39, 0.29) is 5.84 Å². The van der Waals surface area contributed by atoms with Gasteiger partial charge in [-0.3, -0.25) is 5.41 Å². The first kappa shape index (κ1) is 19.9. The fraction of sp³-hybridized carbons (Fsp3) is 0.222. The highest BCUT2D eigenvalue weighted by Crippen LogP contribution is 2.31. The Kier molecular flexibility index (Phi) is 7.12. The van der Waals surface area contributed by atoms with Crippen molar-refractivity contribution in [3.63, 3.8) is 0 Å². The van der Waals surface area contributed by atoms with E-state index in [1.807, 2.05) is 0 Å². The van der Waals surface area contributed by atoms with Crippen LogP contribution in [0.5, 0.6) is 5.75 Å². The van der Waals surface area contributed by atoms with Gasteiger partial charge < -0.3 is 20.9 Å². The average molecular weight is 396 g/mol. The largest absolute Gasteiger partial charge is 0.493 e. The number of nitrogen functional groups attached to an aromatic ring is 1. The molecule has 6 nitrogen and oxygen atoms in total. The van der Waals surface area contributed by atoms with Gasteiger partial charge in [0.05, 0.1) is 6.61 Å². The molecule has 2 aromatic carbocycles. The van der Waals surface area contributed by atoms with Crippen LogP contribution >= 0.6 is 23.2 Å². The number of benzene rings is 2. The highest BCUT2D eigenvalue weighted by Gasteiger charge is 2.24. The Morgan fingerprint density at radius 1 is 1.27 bits per heavy atom. The third kappa shape index (κ3) is 5.28. The van der Waals surface area contributed by atoms with Gasteiger partial charge in [-0.25, -0.2) is 4.79 Å². The van der Waals surface area contributed by atoms with Crippen molar-refractivity contribution in [3.05, 3.63) is 58.6 Å². The van der Waals surface area contributed by atoms with Gasteiger partial charge in [-0.15, -0.1) is 11.6 Å². The second-order valence-corrected chi connectivity index (χ2v) is 6.29. The Labute approximate surface area is 161 Å². The first-order valence-electron chi connectivity index (χ1n) is 7.84. The Morgan fingerprint density at radius 2 is 1.96 bits per heavy atom. The number of hydrogen-bond donors (Lipinski definition) is 4. The number of carbonyl (C=O) groups is 1. The van der Waals surface area contributed by atoms with Crippen molar-refractivity contribution in [2.45, 2.75) is 12.5 Å². The molecule has 2 rings (SSSR count). The number of nitrogens with one attached hydrogen (secondary N) is 2. The van der Waals surface area contributed by atoms with Gasteiger partial charge in [0.2, 0.25) is 0 Å². The Balaban J connectivity index is 2.29. The molecule has 1 unspecified atom stereocenters. The minimum absolute atomic E-state index is 0.0591. The van der Waals surface area contributed by atoms with E-state index in [1.54, 1.807) is 42.5 Å². The number of nitrogens with two attached hydrogens (primary N) is 1. The van der Waals surface area contributed by atoms with Gasteiger partial charge in [0.25, 0.3) is 0 Å². The number of aliphatic carboxylic acids is 1. The van der Waals surface area contributed by atoms with Gasteiger partial charge >= 0.3 is 5.97 Å². The molecule has 0 saturated carbocycles. The van der Waals surface area contributed by atoms with E-state index in [0.29, 0.717) is 46.5 Å². The summed E-state index contributed by atoms with van der Waals surface area (Å²) in [5, 5.41) is 20.4. The van der Waals surface area contributed by atoms with Crippen LogP contribution in [0.25, 0.3) is 0 Å². The molecule has 138 valence electrons. The number of carboxylic acid groups (broad SMARTS) is 1. The number of rotatable bonds is 9. The lowest BCUT2D eigenvalue weighted by Gasteiger charge is -2.20. The van der Waals surface area contributed by atoms with Gasteiger partial charge in [-0.1, -0.05) is 11.6 Å². The maximum atomic E-state index is 11.8. The molecule has 2 aromatic rings. The molecule has 0 aromatic heterocycles. The molecule has 0 radical (unpaired) electrons. The van der Waals surface area contributed by atoms with Crippen LogP contribution in [-0.4, -0.2) is 29.4 Å². The van der Waals surface area contributed by atoms with Gasteiger partial charge in [0.15, 0.2) is 6.04 Å². The van der Waals surface area contributed by atoms with Gasteiger partial charge in [0, 0.05) is 27.7 Å². The smallest absolute Gasteiger partial charge is 0.330 e. The van der Waals surface area contributed by atoms with E-state index in [4.69, 9.17) is 39.1 Å². The van der Waals surface area contributed by atoms with Crippen LogP contribution in [0.4, 0.5) is 5.69 Å². The van der Waals surface area contributed by atoms with Crippen LogP contribution < -0.4 is 15.8 Å². The second-order valence-electron chi connectivity index (χ2n) is 5.48. The minimum Gasteiger partial charge on any atom is -0.493 e. The number of hydrogen-bond acceptors (Lipinski definition) is 4. The van der Waals surface area contributed by atoms with E-state index < -0.39 is 12.0 Å². The van der Waals surface area contributed by atoms with Crippen LogP contribution in [0.1, 0.15) is 23.6 Å². The topological polar surface area (TPSA) is 108 Å². The van der Waals surface area contributed by atoms with Crippen LogP contribution in [0, 0.1) is 5.41 Å². The predicted molar refractivity (Wildman–Crippen MR) is 104 cm³/mol. The summed E-state index contributed by atoms with van der Waals surface area (Å²) in [4.78, 5) is 11.8. The average Bonchev–Trinajstić information content (AvgIpc) is 2.61. The van der Waals surface area contributed by atoms with Crippen molar-refractivity contribution < 1.29 is 14.6 Å². The van der Waals surface area contributed by atoms with Gasteiger partial charge in [-0.05, 0) is 48.9 Å². The number of amidine groups is 1. The summed E-state index contributed by atoms with van der Waals surface area (Å²) >= 11 is 11.7. The Hall–Kier alpha value is -2.44. The summed E-state index contributed by atoms with van der Waals surface area (Å²) in [7, 11) is 0. The number of ether oxygens (including phenoxy) is 1. The summed E-state index contributed by atoms with van der Waals surface area (Å²) in [6.07, 6.45) is 0.640. The van der Waals surface area contributed by atoms with Crippen molar-refractivity contribution in [3.8, 4) is 5.75 Å². The van der Waals surface area contributed by atoms with Crippen LogP contribution in [0.2, 0.25) is 5.02 Å². The van der Waals surface area contributed by atoms with Crippen molar-refractivity contribution in [2.24, 2.45) is 5.73 Å². The number of anilines is 1. The fourth-order valence-electron chi connectivity index (χ4n) is 2.30. The van der Waals surface area contributed by atoms with Crippen LogP contribution in [-0.2, 0) is 4.79 Å². The lowest BCUT2D eigenvalue weighted by molar-refractivity contribution is -0.138. The summed E-state index contributed by atoms with van der Waals surface area (Å²) in [5.41, 5.74) is 6.95. The monoisotopic (exact) mass is 395 g/mol. The molecule has 5 N–H and O–H groups in total. The Bertz CT molecular complexity index is 782. The maximum absolute atomic E-state index is 11.8. The zero-order chi connectivity index (χ0) is 19.1. The summed E-state index contributed by atoms with van der Waals surface area (Å²) in [5.74, 6) is -0.257. The Morgan fingerprint density at radius 3 is 2.54 bits per heavy atom. The third-order valence-corrected chi connectivity index (χ3v) is 4.07. The molecule has 0 saturated heterocycles. The first-order valence-corrected chi connectivity index (χ1v) is 8.75. The van der Waals surface area contributed by atoms with Crippen molar-refractivity contribution in [1.82, 2.24) is 0 Å². The summed E-state index contributed by atoms with van der Waals surface area (Å²) < 4.78 is 5.66. The predicted octanol–water partition coefficient (Wildman–Crippen LogP) is 3.87. The van der Waals surface area contributed by atoms with E-state index in [0.717, 1.165) is 0 Å². The van der Waals surface area contributed by atoms with Gasteiger partial charge in [-0.2, -0.15) is 0 Å². The molecule has 0 spiro atoms. The molecule has 0 aliphatic carbocycles. The highest BCUT2D eigenvalue weighted by molar-refractivity contribution is 6.30. The lowest BCUT2D eigenvalue weighted by atomic mass is 10.0. The zero-order valence-electron chi connectivity index (χ0n) is 13.8. The van der Waals surface area contributed by atoms with E-state index in [2.05, 4.69) is 5.32 Å². The molecular formula is C18H19Cl2N3O3. The molecule has 0 aliphatic heterocycles. The molecule has 1 atom stereocenters. The molecule has 8 heteroatoms. The van der Waals surface area contributed by atoms with Crippen LogP contribution in [0.3, 0.4) is 0 Å². The molecule has 0 heterocycles. The van der Waals surface area contributed by atoms with Crippen molar-refractivity contribution in [2.75, 3.05) is 17.8 Å². The quantitative estimate of drug-likeness (QED) is 0.223. The number of alkyl halides is 1. The molecule has 26 heavy (non-hydrogen) atoms. The third-order valence-electron chi connectivity index (χ3n) is 3.57. The standard InChI is InChI=1S/C18H19Cl2N3O3/c19-8-1-9-26-15-7-4-12(20)10-14(15)16(18(24)25)23-13-5-2-11(3-6-13)17(21)22/h2-7,10,16,23H,1,8-9H2,(H3,21,22)(H,24,25). The minimum atomic E-state index is -1.08. The molecular weight excluding hydrogens is 377 g/mol. The first-order chi connectivity index (χ1) is 12.4. The van der Waals surface area contributed by atoms with E-state index in [1.165, 1.54) is 0 Å². The molecule has 0 amide bonds. The van der Waals surface area contributed by atoms with E-state index >= 15 is 0 Å². The molecule has 0 fully saturated rings. The molecule has 0 aliphatic rings. The normalized spacial score (nSPS) is 11.6. The SMILES string of the molecule is N=C(N)c1ccc(NC(C(=O)O)c2cc(Cl)ccc2OCCCCl)cc1. The second kappa shape index (κ2) is 9.31. The lowest BCUT2D eigenvalue weighted by Crippen LogP contribution is -2.21.